The zero-order valence-corrected chi connectivity index (χ0v) is 15.1. The predicted octanol–water partition coefficient (Wildman–Crippen LogP) is 2.66. The SMILES string of the molecule is C[C@@H]1CCC[C@H](C)N1C(=O)CN1CCC[C@@H]1c1nnc2ccccn12. The van der Waals surface area contributed by atoms with Crippen molar-refractivity contribution < 1.29 is 4.79 Å². The lowest BCUT2D eigenvalue weighted by atomic mass is 9.97. The molecular weight excluding hydrogens is 314 g/mol. The fraction of sp³-hybridized carbons (Fsp3) is 0.632. The second-order valence-corrected chi connectivity index (χ2v) is 7.55. The van der Waals surface area contributed by atoms with Gasteiger partial charge in [0.05, 0.1) is 12.6 Å². The number of carbonyl (C=O) groups excluding carboxylic acids is 1. The average Bonchev–Trinajstić information content (AvgIpc) is 3.21. The van der Waals surface area contributed by atoms with Crippen LogP contribution >= 0.6 is 0 Å². The van der Waals surface area contributed by atoms with Crippen molar-refractivity contribution in [3.63, 3.8) is 0 Å². The van der Waals surface area contributed by atoms with Crippen molar-refractivity contribution in [2.24, 2.45) is 0 Å². The van der Waals surface area contributed by atoms with Crippen LogP contribution in [0.15, 0.2) is 24.4 Å². The van der Waals surface area contributed by atoms with Gasteiger partial charge in [0, 0.05) is 18.3 Å². The highest BCUT2D eigenvalue weighted by Crippen LogP contribution is 2.31. The van der Waals surface area contributed by atoms with E-state index in [0.717, 1.165) is 43.7 Å². The molecule has 6 nitrogen and oxygen atoms in total. The lowest BCUT2D eigenvalue weighted by Gasteiger charge is -2.40. The van der Waals surface area contributed by atoms with E-state index in [4.69, 9.17) is 0 Å². The Hall–Kier alpha value is -1.95. The monoisotopic (exact) mass is 341 g/mol. The molecular formula is C19H27N5O. The second kappa shape index (κ2) is 6.75. The lowest BCUT2D eigenvalue weighted by Crippen LogP contribution is -2.51. The second-order valence-electron chi connectivity index (χ2n) is 7.55. The highest BCUT2D eigenvalue weighted by Gasteiger charge is 2.35. The summed E-state index contributed by atoms with van der Waals surface area (Å²) in [4.78, 5) is 17.4. The molecule has 4 rings (SSSR count). The molecule has 0 radical (unpaired) electrons. The number of nitrogens with zero attached hydrogens (tertiary/aromatic N) is 5. The van der Waals surface area contributed by atoms with Gasteiger partial charge in [-0.1, -0.05) is 6.07 Å². The van der Waals surface area contributed by atoms with Crippen molar-refractivity contribution >= 4 is 11.6 Å². The van der Waals surface area contributed by atoms with Crippen LogP contribution in [0.25, 0.3) is 5.65 Å². The van der Waals surface area contributed by atoms with Gasteiger partial charge in [-0.3, -0.25) is 14.1 Å². The van der Waals surface area contributed by atoms with Crippen molar-refractivity contribution in [1.82, 2.24) is 24.4 Å². The fourth-order valence-corrected chi connectivity index (χ4v) is 4.56. The summed E-state index contributed by atoms with van der Waals surface area (Å²) >= 11 is 0. The first kappa shape index (κ1) is 16.5. The number of hydrogen-bond donors (Lipinski definition) is 0. The zero-order valence-electron chi connectivity index (χ0n) is 15.1. The molecule has 0 unspecified atom stereocenters. The Labute approximate surface area is 148 Å². The van der Waals surface area contributed by atoms with E-state index < -0.39 is 0 Å². The topological polar surface area (TPSA) is 53.7 Å². The van der Waals surface area contributed by atoms with Crippen LogP contribution < -0.4 is 0 Å². The molecule has 0 N–H and O–H groups in total. The third-order valence-corrected chi connectivity index (χ3v) is 5.82. The quantitative estimate of drug-likeness (QED) is 0.861. The maximum absolute atomic E-state index is 13.0. The molecule has 0 aliphatic carbocycles. The zero-order chi connectivity index (χ0) is 17.4. The number of aromatic nitrogens is 3. The van der Waals surface area contributed by atoms with Crippen LogP contribution in [-0.2, 0) is 4.79 Å². The summed E-state index contributed by atoms with van der Waals surface area (Å²) < 4.78 is 2.06. The van der Waals surface area contributed by atoms with Crippen molar-refractivity contribution in [3.05, 3.63) is 30.2 Å². The van der Waals surface area contributed by atoms with Gasteiger partial charge in [-0.25, -0.2) is 0 Å². The van der Waals surface area contributed by atoms with Crippen LogP contribution in [0.4, 0.5) is 0 Å². The van der Waals surface area contributed by atoms with Gasteiger partial charge in [-0.05, 0) is 64.6 Å². The van der Waals surface area contributed by atoms with Gasteiger partial charge in [0.1, 0.15) is 0 Å². The Morgan fingerprint density at radius 2 is 1.92 bits per heavy atom. The molecule has 0 saturated carbocycles. The van der Waals surface area contributed by atoms with Gasteiger partial charge in [0.15, 0.2) is 11.5 Å². The van der Waals surface area contributed by atoms with E-state index in [9.17, 15) is 4.79 Å². The molecule has 2 saturated heterocycles. The smallest absolute Gasteiger partial charge is 0.237 e. The minimum Gasteiger partial charge on any atom is -0.336 e. The van der Waals surface area contributed by atoms with Crippen LogP contribution in [0.2, 0.25) is 0 Å². The highest BCUT2D eigenvalue weighted by molar-refractivity contribution is 5.79. The standard InChI is InChI=1S/C19H27N5O/c1-14-7-5-8-15(2)24(14)18(25)13-22-11-6-9-16(22)19-21-20-17-10-3-4-12-23(17)19/h3-4,10,12,14-16H,5-9,11,13H2,1-2H3/t14-,15+,16-/m1/s1. The van der Waals surface area contributed by atoms with Crippen molar-refractivity contribution in [1.29, 1.82) is 0 Å². The van der Waals surface area contributed by atoms with E-state index in [1.807, 2.05) is 24.4 Å². The van der Waals surface area contributed by atoms with Gasteiger partial charge in [0.25, 0.3) is 0 Å². The first-order valence-corrected chi connectivity index (χ1v) is 9.50. The van der Waals surface area contributed by atoms with E-state index in [-0.39, 0.29) is 11.9 Å². The number of fused-ring (bicyclic) bond motifs is 1. The maximum atomic E-state index is 13.0. The largest absolute Gasteiger partial charge is 0.336 e. The maximum Gasteiger partial charge on any atom is 0.237 e. The van der Waals surface area contributed by atoms with Crippen LogP contribution in [0.3, 0.4) is 0 Å². The van der Waals surface area contributed by atoms with Crippen molar-refractivity contribution in [3.8, 4) is 0 Å². The molecule has 2 aliphatic rings. The minimum atomic E-state index is 0.178. The van der Waals surface area contributed by atoms with Gasteiger partial charge >= 0.3 is 0 Å². The van der Waals surface area contributed by atoms with Gasteiger partial charge < -0.3 is 4.90 Å². The summed E-state index contributed by atoms with van der Waals surface area (Å²) in [5.41, 5.74) is 0.869. The van der Waals surface area contributed by atoms with Crippen LogP contribution in [0.5, 0.6) is 0 Å². The Morgan fingerprint density at radius 1 is 1.12 bits per heavy atom. The van der Waals surface area contributed by atoms with Crippen LogP contribution in [-0.4, -0.2) is 55.5 Å². The number of likely N-dealkylation sites (tertiary alicyclic amines) is 2. The molecule has 2 aromatic heterocycles. The fourth-order valence-electron chi connectivity index (χ4n) is 4.56. The minimum absolute atomic E-state index is 0.178. The number of piperidine rings is 1. The van der Waals surface area contributed by atoms with E-state index in [1.54, 1.807) is 0 Å². The summed E-state index contributed by atoms with van der Waals surface area (Å²) in [5.74, 6) is 1.22. The molecule has 0 bridgehead atoms. The molecule has 2 aromatic rings. The number of hydrogen-bond acceptors (Lipinski definition) is 4. The first-order chi connectivity index (χ1) is 12.1. The number of carbonyl (C=O) groups is 1. The summed E-state index contributed by atoms with van der Waals surface area (Å²) in [5, 5.41) is 8.71. The van der Waals surface area contributed by atoms with Gasteiger partial charge in [-0.15, -0.1) is 10.2 Å². The summed E-state index contributed by atoms with van der Waals surface area (Å²) in [6.07, 6.45) is 7.61. The molecule has 2 aliphatic heterocycles. The van der Waals surface area contributed by atoms with E-state index in [0.29, 0.717) is 18.6 Å². The number of rotatable bonds is 3. The first-order valence-electron chi connectivity index (χ1n) is 9.50. The van der Waals surface area contributed by atoms with Crippen LogP contribution in [0.1, 0.15) is 57.8 Å². The average molecular weight is 341 g/mol. The van der Waals surface area contributed by atoms with Gasteiger partial charge in [-0.2, -0.15) is 0 Å². The molecule has 6 heteroatoms. The highest BCUT2D eigenvalue weighted by atomic mass is 16.2. The molecule has 0 aromatic carbocycles. The normalized spacial score (nSPS) is 27.9. The third-order valence-electron chi connectivity index (χ3n) is 5.82. The number of pyridine rings is 1. The van der Waals surface area contributed by atoms with Crippen LogP contribution in [0, 0.1) is 0 Å². The van der Waals surface area contributed by atoms with E-state index in [2.05, 4.69) is 38.2 Å². The summed E-state index contributed by atoms with van der Waals surface area (Å²) in [7, 11) is 0. The van der Waals surface area contributed by atoms with E-state index >= 15 is 0 Å². The molecule has 2 fully saturated rings. The van der Waals surface area contributed by atoms with Gasteiger partial charge in [0.2, 0.25) is 5.91 Å². The molecule has 25 heavy (non-hydrogen) atoms. The Bertz CT molecular complexity index is 747. The number of amides is 1. The van der Waals surface area contributed by atoms with Crippen molar-refractivity contribution in [2.45, 2.75) is 64.1 Å². The molecule has 3 atom stereocenters. The summed E-state index contributed by atoms with van der Waals surface area (Å²) in [6, 6.07) is 6.83. The molecule has 1 amide bonds. The predicted molar refractivity (Wildman–Crippen MR) is 96.2 cm³/mol. The lowest BCUT2D eigenvalue weighted by molar-refractivity contribution is -0.138. The third kappa shape index (κ3) is 3.03. The Kier molecular flexibility index (Phi) is 4.46. The molecule has 134 valence electrons. The summed E-state index contributed by atoms with van der Waals surface area (Å²) in [6.45, 7) is 5.80. The van der Waals surface area contributed by atoms with E-state index in [1.165, 1.54) is 6.42 Å². The Morgan fingerprint density at radius 3 is 2.72 bits per heavy atom. The molecule has 0 spiro atoms. The molecule has 4 heterocycles. The van der Waals surface area contributed by atoms with Crippen molar-refractivity contribution in [2.75, 3.05) is 13.1 Å². The Balaban J connectivity index is 1.53.